The molecule has 1 aromatic heterocycles. The van der Waals surface area contributed by atoms with Gasteiger partial charge in [0.1, 0.15) is 17.4 Å². The summed E-state index contributed by atoms with van der Waals surface area (Å²) in [7, 11) is 0. The number of rotatable bonds is 4. The zero-order valence-electron chi connectivity index (χ0n) is 14.2. The van der Waals surface area contributed by atoms with Crippen LogP contribution in [-0.2, 0) is 11.3 Å². The molecule has 1 saturated heterocycles. The highest BCUT2D eigenvalue weighted by molar-refractivity contribution is 5.58. The number of hydrogen-bond acceptors (Lipinski definition) is 4. The van der Waals surface area contributed by atoms with Gasteiger partial charge in [-0.1, -0.05) is 30.3 Å². The van der Waals surface area contributed by atoms with Gasteiger partial charge in [0.2, 0.25) is 0 Å². The maximum Gasteiger partial charge on any atom is 0.126 e. The van der Waals surface area contributed by atoms with Crippen LogP contribution in [0.1, 0.15) is 17.4 Å². The third-order valence-electron chi connectivity index (χ3n) is 4.65. The number of imidazole rings is 1. The quantitative estimate of drug-likeness (QED) is 0.754. The Labute approximate surface area is 151 Å². The van der Waals surface area contributed by atoms with Gasteiger partial charge in [-0.15, -0.1) is 0 Å². The molecule has 0 unspecified atom stereocenters. The van der Waals surface area contributed by atoms with E-state index < -0.39 is 0 Å². The fourth-order valence-corrected chi connectivity index (χ4v) is 3.25. The summed E-state index contributed by atoms with van der Waals surface area (Å²) >= 11 is 0. The second kappa shape index (κ2) is 7.27. The Hall–Kier alpha value is -2.70. The summed E-state index contributed by atoms with van der Waals surface area (Å²) < 4.78 is 19.1. The van der Waals surface area contributed by atoms with E-state index in [1.165, 1.54) is 12.1 Å². The molecule has 4 rings (SSSR count). The van der Waals surface area contributed by atoms with Crippen molar-refractivity contribution in [2.45, 2.75) is 12.6 Å². The number of ether oxygens (including phenoxy) is 1. The zero-order valence-corrected chi connectivity index (χ0v) is 14.2. The van der Waals surface area contributed by atoms with E-state index >= 15 is 0 Å². The maximum absolute atomic E-state index is 13.5. The van der Waals surface area contributed by atoms with Crippen LogP contribution in [0, 0.1) is 5.82 Å². The Morgan fingerprint density at radius 2 is 2.12 bits per heavy atom. The maximum atomic E-state index is 13.5. The fourth-order valence-electron chi connectivity index (χ4n) is 3.25. The molecule has 6 heteroatoms. The van der Waals surface area contributed by atoms with Crippen molar-refractivity contribution in [3.8, 4) is 17.0 Å². The molecule has 0 saturated carbocycles. The number of nitrogens with zero attached hydrogens (tertiary/aromatic N) is 2. The summed E-state index contributed by atoms with van der Waals surface area (Å²) in [5.41, 5.74) is 2.40. The molecule has 5 nitrogen and oxygen atoms in total. The summed E-state index contributed by atoms with van der Waals surface area (Å²) in [4.78, 5) is 10.0. The number of benzene rings is 2. The molecule has 0 amide bonds. The van der Waals surface area contributed by atoms with Crippen LogP contribution in [0.3, 0.4) is 0 Å². The number of aromatic hydroxyl groups is 1. The Balaban J connectivity index is 1.58. The van der Waals surface area contributed by atoms with Crippen molar-refractivity contribution >= 4 is 0 Å². The van der Waals surface area contributed by atoms with E-state index in [0.717, 1.165) is 29.2 Å². The van der Waals surface area contributed by atoms with Crippen molar-refractivity contribution in [3.63, 3.8) is 0 Å². The van der Waals surface area contributed by atoms with E-state index in [-0.39, 0.29) is 17.6 Å². The first-order chi connectivity index (χ1) is 12.7. The van der Waals surface area contributed by atoms with Gasteiger partial charge in [-0.2, -0.15) is 0 Å². The summed E-state index contributed by atoms with van der Waals surface area (Å²) in [6.07, 6.45) is 1.72. The van der Waals surface area contributed by atoms with Crippen molar-refractivity contribution in [2.24, 2.45) is 0 Å². The predicted octanol–water partition coefficient (Wildman–Crippen LogP) is 3.49. The van der Waals surface area contributed by atoms with Gasteiger partial charge in [-0.05, 0) is 18.2 Å². The molecular weight excluding hydrogens is 333 g/mol. The molecule has 1 atom stereocenters. The molecule has 0 bridgehead atoms. The fraction of sp³-hybridized carbons (Fsp3) is 0.250. The SMILES string of the molecule is Oc1ccccc1CN1CCOC[C@H]1c1ncc(-c2cccc(F)c2)[nH]1. The molecule has 134 valence electrons. The van der Waals surface area contributed by atoms with Gasteiger partial charge in [-0.3, -0.25) is 4.90 Å². The molecular formula is C20H20FN3O2. The molecule has 2 N–H and O–H groups in total. The smallest absolute Gasteiger partial charge is 0.126 e. The summed E-state index contributed by atoms with van der Waals surface area (Å²) in [6, 6.07) is 13.7. The number of phenolic OH excluding ortho intramolecular Hbond substituents is 1. The second-order valence-corrected chi connectivity index (χ2v) is 6.38. The van der Waals surface area contributed by atoms with Crippen LogP contribution in [-0.4, -0.2) is 39.7 Å². The molecule has 0 aliphatic carbocycles. The van der Waals surface area contributed by atoms with Crippen LogP contribution < -0.4 is 0 Å². The lowest BCUT2D eigenvalue weighted by Crippen LogP contribution is -2.39. The zero-order chi connectivity index (χ0) is 17.9. The van der Waals surface area contributed by atoms with E-state index in [1.54, 1.807) is 18.3 Å². The average molecular weight is 353 g/mol. The Kier molecular flexibility index (Phi) is 4.69. The van der Waals surface area contributed by atoms with Gasteiger partial charge in [0.05, 0.1) is 31.1 Å². The number of hydrogen-bond donors (Lipinski definition) is 2. The molecule has 1 aliphatic heterocycles. The lowest BCUT2D eigenvalue weighted by molar-refractivity contribution is -0.0158. The van der Waals surface area contributed by atoms with Crippen molar-refractivity contribution in [1.29, 1.82) is 0 Å². The highest BCUT2D eigenvalue weighted by Crippen LogP contribution is 2.28. The molecule has 3 aromatic rings. The number of nitrogens with one attached hydrogen (secondary N) is 1. The first kappa shape index (κ1) is 16.8. The number of H-pyrrole nitrogens is 1. The predicted molar refractivity (Wildman–Crippen MR) is 96.1 cm³/mol. The summed E-state index contributed by atoms with van der Waals surface area (Å²) in [5, 5.41) is 10.1. The second-order valence-electron chi connectivity index (χ2n) is 6.38. The number of halogens is 1. The number of morpholine rings is 1. The van der Waals surface area contributed by atoms with Gasteiger partial charge in [0, 0.05) is 24.2 Å². The van der Waals surface area contributed by atoms with Gasteiger partial charge in [0.25, 0.3) is 0 Å². The Morgan fingerprint density at radius 1 is 1.23 bits per heavy atom. The van der Waals surface area contributed by atoms with Gasteiger partial charge < -0.3 is 14.8 Å². The molecule has 26 heavy (non-hydrogen) atoms. The normalized spacial score (nSPS) is 18.1. The number of aromatic nitrogens is 2. The van der Waals surface area contributed by atoms with Gasteiger partial charge in [0.15, 0.2) is 0 Å². The van der Waals surface area contributed by atoms with Crippen LogP contribution in [0.4, 0.5) is 4.39 Å². The van der Waals surface area contributed by atoms with Crippen LogP contribution in [0.25, 0.3) is 11.3 Å². The lowest BCUT2D eigenvalue weighted by atomic mass is 10.1. The monoisotopic (exact) mass is 353 g/mol. The summed E-state index contributed by atoms with van der Waals surface area (Å²) in [5.74, 6) is 0.790. The van der Waals surface area contributed by atoms with E-state index in [9.17, 15) is 9.50 Å². The Morgan fingerprint density at radius 3 is 2.96 bits per heavy atom. The van der Waals surface area contributed by atoms with Crippen molar-refractivity contribution < 1.29 is 14.2 Å². The van der Waals surface area contributed by atoms with Crippen molar-refractivity contribution in [3.05, 3.63) is 71.9 Å². The van der Waals surface area contributed by atoms with Gasteiger partial charge in [-0.25, -0.2) is 9.37 Å². The number of para-hydroxylation sites is 1. The molecule has 2 aromatic carbocycles. The number of phenols is 1. The minimum Gasteiger partial charge on any atom is -0.508 e. The van der Waals surface area contributed by atoms with Gasteiger partial charge >= 0.3 is 0 Å². The topological polar surface area (TPSA) is 61.4 Å². The van der Waals surface area contributed by atoms with Crippen LogP contribution in [0.5, 0.6) is 5.75 Å². The minimum absolute atomic E-state index is 0.0503. The van der Waals surface area contributed by atoms with E-state index in [0.29, 0.717) is 19.8 Å². The molecule has 0 spiro atoms. The van der Waals surface area contributed by atoms with E-state index in [4.69, 9.17) is 4.74 Å². The minimum atomic E-state index is -0.277. The highest BCUT2D eigenvalue weighted by atomic mass is 19.1. The number of aromatic amines is 1. The molecule has 0 radical (unpaired) electrons. The Bertz CT molecular complexity index is 896. The van der Waals surface area contributed by atoms with Crippen LogP contribution in [0.2, 0.25) is 0 Å². The van der Waals surface area contributed by atoms with Crippen LogP contribution in [0.15, 0.2) is 54.7 Å². The van der Waals surface area contributed by atoms with E-state index in [2.05, 4.69) is 14.9 Å². The molecule has 2 heterocycles. The summed E-state index contributed by atoms with van der Waals surface area (Å²) in [6.45, 7) is 2.51. The highest BCUT2D eigenvalue weighted by Gasteiger charge is 2.27. The molecule has 1 aliphatic rings. The third kappa shape index (κ3) is 3.47. The lowest BCUT2D eigenvalue weighted by Gasteiger charge is -2.34. The largest absolute Gasteiger partial charge is 0.508 e. The standard InChI is InChI=1S/C20H20FN3O2/c21-16-6-3-5-14(10-16)17-11-22-20(23-17)18-13-26-9-8-24(18)12-15-4-1-2-7-19(15)25/h1-7,10-11,18,25H,8-9,12-13H2,(H,22,23)/t18-/m0/s1. The first-order valence-electron chi connectivity index (χ1n) is 8.60. The van der Waals surface area contributed by atoms with Crippen molar-refractivity contribution in [1.82, 2.24) is 14.9 Å². The van der Waals surface area contributed by atoms with Crippen molar-refractivity contribution in [2.75, 3.05) is 19.8 Å². The third-order valence-corrected chi connectivity index (χ3v) is 4.65. The first-order valence-corrected chi connectivity index (χ1v) is 8.60. The average Bonchev–Trinajstić information content (AvgIpc) is 3.14. The van der Waals surface area contributed by atoms with Crippen LogP contribution >= 0.6 is 0 Å². The molecule has 1 fully saturated rings. The van der Waals surface area contributed by atoms with E-state index in [1.807, 2.05) is 24.3 Å².